The van der Waals surface area contributed by atoms with Crippen molar-refractivity contribution < 1.29 is 24.1 Å². The second kappa shape index (κ2) is 11.0. The highest BCUT2D eigenvalue weighted by molar-refractivity contribution is 5.70. The average Bonchev–Trinajstić information content (AvgIpc) is 2.84. The van der Waals surface area contributed by atoms with E-state index in [9.17, 15) is 9.90 Å². The number of aliphatic carboxylic acids is 1. The zero-order chi connectivity index (χ0) is 23.0. The number of carbonyl (C=O) groups is 1. The monoisotopic (exact) mass is 445 g/mol. The van der Waals surface area contributed by atoms with Gasteiger partial charge in [-0.25, -0.2) is 0 Å². The molecule has 33 heavy (non-hydrogen) atoms. The van der Waals surface area contributed by atoms with E-state index in [-0.39, 0.29) is 18.6 Å². The van der Waals surface area contributed by atoms with Crippen molar-refractivity contribution in [3.05, 3.63) is 84.4 Å². The Hall–Kier alpha value is -3.31. The molecule has 5 nitrogen and oxygen atoms in total. The Bertz CT molecular complexity index is 1010. The quantitative estimate of drug-likeness (QED) is 0.487. The molecule has 0 radical (unpaired) electrons. The highest BCUT2D eigenvalue weighted by atomic mass is 16.5. The summed E-state index contributed by atoms with van der Waals surface area (Å²) in [6.45, 7) is 0. The maximum atomic E-state index is 11.0. The van der Waals surface area contributed by atoms with Crippen LogP contribution in [0.3, 0.4) is 0 Å². The molecule has 0 aromatic heterocycles. The smallest absolute Gasteiger partial charge is 0.119 e. The standard InChI is InChI=1S/C28H30O5/c1-31-27(28(29)30)18-20-10-14-23(15-11-20)32-25-8-5-9-26(19-25)33-24-16-12-22(13-17-24)21-6-3-2-4-7-21/h2-4,6-7,10-17,25-27H,5,8-9,18-19H2,1H3,(H,29,30)/p-1/t25-,26-,27+/m1/s1. The van der Waals surface area contributed by atoms with E-state index in [2.05, 4.69) is 24.3 Å². The molecule has 0 bridgehead atoms. The number of carboxylic acids is 1. The van der Waals surface area contributed by atoms with Gasteiger partial charge in [-0.15, -0.1) is 0 Å². The summed E-state index contributed by atoms with van der Waals surface area (Å²) in [5, 5.41) is 11.0. The van der Waals surface area contributed by atoms with Gasteiger partial charge in [0.05, 0.1) is 5.97 Å². The van der Waals surface area contributed by atoms with E-state index in [1.807, 2.05) is 54.6 Å². The Labute approximate surface area is 194 Å². The summed E-state index contributed by atoms with van der Waals surface area (Å²) in [5.74, 6) is 0.449. The third-order valence-corrected chi connectivity index (χ3v) is 6.04. The molecule has 1 fully saturated rings. The van der Waals surface area contributed by atoms with E-state index in [0.717, 1.165) is 42.7 Å². The largest absolute Gasteiger partial charge is 0.547 e. The molecule has 3 aromatic carbocycles. The normalized spacial score (nSPS) is 18.9. The number of hydrogen-bond acceptors (Lipinski definition) is 5. The minimum absolute atomic E-state index is 0.0909. The van der Waals surface area contributed by atoms with Gasteiger partial charge in [-0.05, 0) is 60.2 Å². The molecule has 3 aromatic rings. The van der Waals surface area contributed by atoms with Crippen LogP contribution in [-0.2, 0) is 16.0 Å². The number of rotatable bonds is 9. The number of methoxy groups -OCH3 is 1. The summed E-state index contributed by atoms with van der Waals surface area (Å²) >= 11 is 0. The van der Waals surface area contributed by atoms with Gasteiger partial charge in [-0.1, -0.05) is 54.6 Å². The first kappa shape index (κ1) is 22.9. The molecular weight excluding hydrogens is 416 g/mol. The molecule has 1 aliphatic carbocycles. The van der Waals surface area contributed by atoms with Crippen molar-refractivity contribution in [1.82, 2.24) is 0 Å². The Balaban J connectivity index is 1.30. The zero-order valence-corrected chi connectivity index (χ0v) is 18.8. The van der Waals surface area contributed by atoms with E-state index in [4.69, 9.17) is 14.2 Å². The predicted molar refractivity (Wildman–Crippen MR) is 125 cm³/mol. The lowest BCUT2D eigenvalue weighted by molar-refractivity contribution is -0.315. The summed E-state index contributed by atoms with van der Waals surface area (Å²) in [6, 6.07) is 26.1. The Kier molecular flexibility index (Phi) is 7.63. The van der Waals surface area contributed by atoms with Crippen LogP contribution in [0, 0.1) is 0 Å². The van der Waals surface area contributed by atoms with Crippen LogP contribution in [0.2, 0.25) is 0 Å². The summed E-state index contributed by atoms with van der Waals surface area (Å²) in [4.78, 5) is 11.0. The molecule has 172 valence electrons. The predicted octanol–water partition coefficient (Wildman–Crippen LogP) is 4.43. The fourth-order valence-electron chi connectivity index (χ4n) is 4.24. The minimum atomic E-state index is -1.21. The second-order valence-electron chi connectivity index (χ2n) is 8.43. The molecule has 0 spiro atoms. The van der Waals surface area contributed by atoms with E-state index in [1.165, 1.54) is 18.2 Å². The molecule has 1 aliphatic rings. The highest BCUT2D eigenvalue weighted by Gasteiger charge is 2.25. The molecular formula is C28H29O5-. The lowest BCUT2D eigenvalue weighted by atomic mass is 9.94. The third-order valence-electron chi connectivity index (χ3n) is 6.04. The zero-order valence-electron chi connectivity index (χ0n) is 18.8. The second-order valence-corrected chi connectivity index (χ2v) is 8.43. The number of benzene rings is 3. The van der Waals surface area contributed by atoms with Crippen LogP contribution in [0.1, 0.15) is 31.2 Å². The molecule has 1 saturated carbocycles. The molecule has 3 atom stereocenters. The van der Waals surface area contributed by atoms with Crippen molar-refractivity contribution >= 4 is 5.97 Å². The van der Waals surface area contributed by atoms with Crippen molar-refractivity contribution in [3.8, 4) is 22.6 Å². The average molecular weight is 446 g/mol. The molecule has 0 saturated heterocycles. The van der Waals surface area contributed by atoms with Crippen LogP contribution in [0.5, 0.6) is 11.5 Å². The number of ether oxygens (including phenoxy) is 3. The molecule has 0 aliphatic heterocycles. The summed E-state index contributed by atoms with van der Waals surface area (Å²) in [5.41, 5.74) is 3.23. The van der Waals surface area contributed by atoms with Crippen molar-refractivity contribution in [2.45, 2.75) is 50.4 Å². The summed E-state index contributed by atoms with van der Waals surface area (Å²) < 4.78 is 17.4. The first-order chi connectivity index (χ1) is 16.1. The van der Waals surface area contributed by atoms with Gasteiger partial charge in [0.2, 0.25) is 0 Å². The van der Waals surface area contributed by atoms with Gasteiger partial charge < -0.3 is 24.1 Å². The molecule has 4 rings (SSSR count). The topological polar surface area (TPSA) is 67.8 Å². The fraction of sp³-hybridized carbons (Fsp3) is 0.321. The Morgan fingerprint density at radius 3 is 1.94 bits per heavy atom. The van der Waals surface area contributed by atoms with E-state index >= 15 is 0 Å². The molecule has 5 heteroatoms. The van der Waals surface area contributed by atoms with Gasteiger partial charge in [0, 0.05) is 20.0 Å². The molecule has 0 unspecified atom stereocenters. The molecule has 0 amide bonds. The first-order valence-electron chi connectivity index (χ1n) is 11.4. The highest BCUT2D eigenvalue weighted by Crippen LogP contribution is 2.29. The fourth-order valence-corrected chi connectivity index (χ4v) is 4.24. The van der Waals surface area contributed by atoms with Gasteiger partial charge in [0.15, 0.2) is 0 Å². The van der Waals surface area contributed by atoms with Crippen molar-refractivity contribution in [1.29, 1.82) is 0 Å². The van der Waals surface area contributed by atoms with Crippen molar-refractivity contribution in [2.24, 2.45) is 0 Å². The van der Waals surface area contributed by atoms with Crippen LogP contribution in [0.4, 0.5) is 0 Å². The Morgan fingerprint density at radius 2 is 1.39 bits per heavy atom. The van der Waals surface area contributed by atoms with Gasteiger partial charge >= 0.3 is 0 Å². The lowest BCUT2D eigenvalue weighted by Gasteiger charge is -2.30. The maximum absolute atomic E-state index is 11.0. The van der Waals surface area contributed by atoms with E-state index < -0.39 is 12.1 Å². The van der Waals surface area contributed by atoms with Crippen LogP contribution >= 0.6 is 0 Å². The van der Waals surface area contributed by atoms with Crippen LogP contribution in [0.25, 0.3) is 11.1 Å². The molecule has 0 N–H and O–H groups in total. The van der Waals surface area contributed by atoms with Gasteiger partial charge in [0.1, 0.15) is 29.8 Å². The van der Waals surface area contributed by atoms with Crippen molar-refractivity contribution in [3.63, 3.8) is 0 Å². The maximum Gasteiger partial charge on any atom is 0.119 e. The van der Waals surface area contributed by atoms with Gasteiger partial charge in [-0.3, -0.25) is 0 Å². The van der Waals surface area contributed by atoms with E-state index in [1.54, 1.807) is 0 Å². The van der Waals surface area contributed by atoms with Gasteiger partial charge in [-0.2, -0.15) is 0 Å². The van der Waals surface area contributed by atoms with Crippen LogP contribution in [-0.4, -0.2) is 31.4 Å². The lowest BCUT2D eigenvalue weighted by Crippen LogP contribution is -2.38. The number of hydrogen-bond donors (Lipinski definition) is 0. The van der Waals surface area contributed by atoms with Crippen LogP contribution < -0.4 is 14.6 Å². The SMILES string of the molecule is CO[C@@H](Cc1ccc(O[C@@H]2CCC[C@@H](Oc3ccc(-c4ccccc4)cc3)C2)cc1)C(=O)[O-]. The minimum Gasteiger partial charge on any atom is -0.547 e. The van der Waals surface area contributed by atoms with E-state index in [0.29, 0.717) is 0 Å². The number of carbonyl (C=O) groups excluding carboxylic acids is 1. The molecule has 0 heterocycles. The summed E-state index contributed by atoms with van der Waals surface area (Å²) in [7, 11) is 1.37. The Morgan fingerprint density at radius 1 is 0.848 bits per heavy atom. The van der Waals surface area contributed by atoms with Crippen LogP contribution in [0.15, 0.2) is 78.9 Å². The first-order valence-corrected chi connectivity index (χ1v) is 11.4. The van der Waals surface area contributed by atoms with Gasteiger partial charge in [0.25, 0.3) is 0 Å². The number of carboxylic acid groups (broad SMARTS) is 1. The summed E-state index contributed by atoms with van der Waals surface area (Å²) in [6.07, 6.45) is 3.42. The van der Waals surface area contributed by atoms with Crippen molar-refractivity contribution in [2.75, 3.05) is 7.11 Å². The third kappa shape index (κ3) is 6.36.